The third-order valence-electron chi connectivity index (χ3n) is 3.71. The highest BCUT2D eigenvalue weighted by Crippen LogP contribution is 2.25. The molecule has 1 saturated heterocycles. The highest BCUT2D eigenvalue weighted by molar-refractivity contribution is 5.79. The number of carbonyl (C=O) groups excluding carboxylic acids is 2. The molecular weight excluding hydrogens is 250 g/mol. The summed E-state index contributed by atoms with van der Waals surface area (Å²) in [4.78, 5) is 33.4. The second-order valence-corrected chi connectivity index (χ2v) is 5.20. The molecule has 2 rings (SSSR count). The Kier molecular flexibility index (Phi) is 4.24. The topological polar surface area (TPSA) is 108 Å². The van der Waals surface area contributed by atoms with Crippen LogP contribution in [0.5, 0.6) is 0 Å². The lowest BCUT2D eigenvalue weighted by Gasteiger charge is -2.15. The van der Waals surface area contributed by atoms with Crippen LogP contribution in [0.15, 0.2) is 0 Å². The van der Waals surface area contributed by atoms with Gasteiger partial charge < -0.3 is 21.1 Å². The molecule has 7 nitrogen and oxygen atoms in total. The molecule has 1 heterocycles. The third kappa shape index (κ3) is 3.84. The number of carbonyl (C=O) groups is 3. The Morgan fingerprint density at radius 2 is 2.11 bits per heavy atom. The molecule has 0 aromatic rings. The Hall–Kier alpha value is -1.79. The molecule has 0 aromatic carbocycles. The van der Waals surface area contributed by atoms with Crippen molar-refractivity contribution < 1.29 is 19.5 Å². The van der Waals surface area contributed by atoms with E-state index in [1.54, 1.807) is 0 Å². The van der Waals surface area contributed by atoms with Gasteiger partial charge in [-0.2, -0.15) is 0 Å². The maximum absolute atomic E-state index is 11.6. The van der Waals surface area contributed by atoms with E-state index in [1.165, 1.54) is 0 Å². The van der Waals surface area contributed by atoms with Crippen LogP contribution in [0.25, 0.3) is 0 Å². The number of urea groups is 1. The molecule has 1 saturated carbocycles. The molecule has 106 valence electrons. The van der Waals surface area contributed by atoms with Crippen LogP contribution in [0.1, 0.15) is 32.1 Å². The van der Waals surface area contributed by atoms with Gasteiger partial charge in [-0.3, -0.25) is 9.59 Å². The van der Waals surface area contributed by atoms with Crippen LogP contribution < -0.4 is 16.0 Å². The SMILES string of the molecule is O=C1CCC(CNC(=O)N[C@H]2CC[C@@H](C(=O)O)C2)N1. The average molecular weight is 269 g/mol. The highest BCUT2D eigenvalue weighted by atomic mass is 16.4. The molecule has 0 spiro atoms. The molecule has 0 aromatic heterocycles. The Labute approximate surface area is 111 Å². The maximum atomic E-state index is 11.6. The number of hydrogen-bond donors (Lipinski definition) is 4. The van der Waals surface area contributed by atoms with Crippen molar-refractivity contribution in [2.45, 2.75) is 44.2 Å². The van der Waals surface area contributed by atoms with E-state index in [-0.39, 0.29) is 29.9 Å². The van der Waals surface area contributed by atoms with Gasteiger partial charge in [-0.05, 0) is 25.7 Å². The standard InChI is InChI=1S/C12H19N3O4/c16-10-4-3-9(14-10)6-13-12(19)15-8-2-1-7(5-8)11(17)18/h7-9H,1-6H2,(H,14,16)(H,17,18)(H2,13,15,19)/t7-,8+,9?/m1/s1. The summed E-state index contributed by atoms with van der Waals surface area (Å²) in [5.41, 5.74) is 0. The summed E-state index contributed by atoms with van der Waals surface area (Å²) in [6, 6.07) is -0.356. The van der Waals surface area contributed by atoms with Gasteiger partial charge >= 0.3 is 12.0 Å². The number of carboxylic acid groups (broad SMARTS) is 1. The van der Waals surface area contributed by atoms with E-state index >= 15 is 0 Å². The fourth-order valence-electron chi connectivity index (χ4n) is 2.62. The van der Waals surface area contributed by atoms with Gasteiger partial charge in [0.25, 0.3) is 0 Å². The Morgan fingerprint density at radius 1 is 1.32 bits per heavy atom. The van der Waals surface area contributed by atoms with Crippen LogP contribution in [0, 0.1) is 5.92 Å². The molecule has 1 aliphatic carbocycles. The maximum Gasteiger partial charge on any atom is 0.315 e. The van der Waals surface area contributed by atoms with Gasteiger partial charge in [0.2, 0.25) is 5.91 Å². The molecule has 1 aliphatic heterocycles. The van der Waals surface area contributed by atoms with Gasteiger partial charge in [0.15, 0.2) is 0 Å². The zero-order chi connectivity index (χ0) is 13.8. The summed E-state index contributed by atoms with van der Waals surface area (Å²) in [5, 5.41) is 17.1. The monoisotopic (exact) mass is 269 g/mol. The van der Waals surface area contributed by atoms with Gasteiger partial charge in [-0.25, -0.2) is 4.79 Å². The first-order valence-electron chi connectivity index (χ1n) is 6.61. The first-order chi connectivity index (χ1) is 9.04. The predicted octanol–water partition coefficient (Wildman–Crippen LogP) is -0.182. The minimum atomic E-state index is -0.793. The fourth-order valence-corrected chi connectivity index (χ4v) is 2.62. The highest BCUT2D eigenvalue weighted by Gasteiger charge is 2.30. The van der Waals surface area contributed by atoms with E-state index in [0.29, 0.717) is 32.2 Å². The van der Waals surface area contributed by atoms with Crippen LogP contribution in [0.3, 0.4) is 0 Å². The van der Waals surface area contributed by atoms with E-state index < -0.39 is 5.97 Å². The van der Waals surface area contributed by atoms with Crippen LogP contribution in [-0.2, 0) is 9.59 Å². The first-order valence-corrected chi connectivity index (χ1v) is 6.61. The van der Waals surface area contributed by atoms with Gasteiger partial charge in [-0.1, -0.05) is 0 Å². The summed E-state index contributed by atoms with van der Waals surface area (Å²) in [6.45, 7) is 0.409. The van der Waals surface area contributed by atoms with Gasteiger partial charge in [0, 0.05) is 25.0 Å². The molecule has 0 bridgehead atoms. The van der Waals surface area contributed by atoms with Crippen LogP contribution in [0.4, 0.5) is 4.79 Å². The lowest BCUT2D eigenvalue weighted by Crippen LogP contribution is -2.45. The normalized spacial score (nSPS) is 29.9. The summed E-state index contributed by atoms with van der Waals surface area (Å²) >= 11 is 0. The Bertz CT molecular complexity index is 385. The minimum absolute atomic E-state index is 0.00796. The second kappa shape index (κ2) is 5.90. The first kappa shape index (κ1) is 13.6. The van der Waals surface area contributed by atoms with E-state index in [0.717, 1.165) is 6.42 Å². The lowest BCUT2D eigenvalue weighted by atomic mass is 10.1. The van der Waals surface area contributed by atoms with Crippen LogP contribution in [-0.4, -0.2) is 41.6 Å². The minimum Gasteiger partial charge on any atom is -0.481 e. The summed E-state index contributed by atoms with van der Waals surface area (Å²) in [6.07, 6.45) is 3.05. The molecule has 7 heteroatoms. The fraction of sp³-hybridized carbons (Fsp3) is 0.750. The van der Waals surface area contributed by atoms with Gasteiger partial charge in [0.05, 0.1) is 5.92 Å². The summed E-state index contributed by atoms with van der Waals surface area (Å²) < 4.78 is 0. The van der Waals surface area contributed by atoms with Gasteiger partial charge in [-0.15, -0.1) is 0 Å². The van der Waals surface area contributed by atoms with Crippen molar-refractivity contribution >= 4 is 17.9 Å². The van der Waals surface area contributed by atoms with Crippen molar-refractivity contribution in [2.75, 3.05) is 6.54 Å². The largest absolute Gasteiger partial charge is 0.481 e. The van der Waals surface area contributed by atoms with Crippen molar-refractivity contribution in [3.8, 4) is 0 Å². The quantitative estimate of drug-likeness (QED) is 0.567. The van der Waals surface area contributed by atoms with Crippen LogP contribution in [0.2, 0.25) is 0 Å². The zero-order valence-corrected chi connectivity index (χ0v) is 10.6. The van der Waals surface area contributed by atoms with Crippen molar-refractivity contribution in [1.82, 2.24) is 16.0 Å². The smallest absolute Gasteiger partial charge is 0.315 e. The zero-order valence-electron chi connectivity index (χ0n) is 10.6. The van der Waals surface area contributed by atoms with Crippen molar-refractivity contribution in [1.29, 1.82) is 0 Å². The summed E-state index contributed by atoms with van der Waals surface area (Å²) in [5.74, 6) is -1.12. The predicted molar refractivity (Wildman–Crippen MR) is 66.5 cm³/mol. The number of carboxylic acids is 1. The molecule has 1 unspecified atom stereocenters. The number of amides is 3. The van der Waals surface area contributed by atoms with Crippen molar-refractivity contribution in [2.24, 2.45) is 5.92 Å². The van der Waals surface area contributed by atoms with E-state index in [1.807, 2.05) is 0 Å². The molecule has 0 radical (unpaired) electrons. The lowest BCUT2D eigenvalue weighted by molar-refractivity contribution is -0.141. The van der Waals surface area contributed by atoms with Crippen LogP contribution >= 0.6 is 0 Å². The molecule has 2 fully saturated rings. The Morgan fingerprint density at radius 3 is 2.68 bits per heavy atom. The number of aliphatic carboxylic acids is 1. The van der Waals surface area contributed by atoms with Crippen molar-refractivity contribution in [3.05, 3.63) is 0 Å². The van der Waals surface area contributed by atoms with Crippen molar-refractivity contribution in [3.63, 3.8) is 0 Å². The Balaban J connectivity index is 1.65. The summed E-state index contributed by atoms with van der Waals surface area (Å²) in [7, 11) is 0. The molecular formula is C12H19N3O4. The average Bonchev–Trinajstić information content (AvgIpc) is 2.96. The molecule has 19 heavy (non-hydrogen) atoms. The van der Waals surface area contributed by atoms with E-state index in [2.05, 4.69) is 16.0 Å². The van der Waals surface area contributed by atoms with E-state index in [9.17, 15) is 14.4 Å². The van der Waals surface area contributed by atoms with E-state index in [4.69, 9.17) is 5.11 Å². The molecule has 4 N–H and O–H groups in total. The molecule has 3 amide bonds. The molecule has 3 atom stereocenters. The third-order valence-corrected chi connectivity index (χ3v) is 3.71. The second-order valence-electron chi connectivity index (χ2n) is 5.20. The number of hydrogen-bond acceptors (Lipinski definition) is 3. The number of nitrogens with one attached hydrogen (secondary N) is 3. The van der Waals surface area contributed by atoms with Gasteiger partial charge in [0.1, 0.15) is 0 Å². The molecule has 2 aliphatic rings. The number of rotatable bonds is 4.